The van der Waals surface area contributed by atoms with Crippen molar-refractivity contribution in [2.75, 3.05) is 7.05 Å². The summed E-state index contributed by atoms with van der Waals surface area (Å²) in [4.78, 5) is 12.5. The van der Waals surface area contributed by atoms with Crippen LogP contribution in [0.1, 0.15) is 58.8 Å². The van der Waals surface area contributed by atoms with E-state index < -0.39 is 0 Å². The van der Waals surface area contributed by atoms with E-state index in [-0.39, 0.29) is 22.8 Å². The molecule has 0 unspecified atom stereocenters. The molecule has 8 atom stereocenters. The summed E-state index contributed by atoms with van der Waals surface area (Å²) in [5, 5.41) is 11.1. The zero-order valence-electron chi connectivity index (χ0n) is 15.8. The highest BCUT2D eigenvalue weighted by atomic mass is 16.3. The van der Waals surface area contributed by atoms with Gasteiger partial charge < -0.3 is 5.11 Å². The molecule has 5 aliphatic rings. The van der Waals surface area contributed by atoms with Crippen molar-refractivity contribution in [2.24, 2.45) is 39.9 Å². The minimum absolute atomic E-state index is 0.0236. The minimum atomic E-state index is -0.121. The molecule has 1 spiro atoms. The van der Waals surface area contributed by atoms with Crippen LogP contribution in [0.3, 0.4) is 0 Å². The van der Waals surface area contributed by atoms with Crippen LogP contribution in [0.25, 0.3) is 0 Å². The van der Waals surface area contributed by atoms with E-state index in [2.05, 4.69) is 30.8 Å². The third kappa shape index (κ3) is 1.74. The maximum atomic E-state index is 12.5. The van der Waals surface area contributed by atoms with E-state index in [1.54, 1.807) is 7.05 Å². The Morgan fingerprint density at radius 1 is 1.24 bits per heavy atom. The summed E-state index contributed by atoms with van der Waals surface area (Å²) >= 11 is 0. The van der Waals surface area contributed by atoms with Crippen LogP contribution in [0.2, 0.25) is 0 Å². The van der Waals surface area contributed by atoms with Crippen molar-refractivity contribution < 1.29 is 9.90 Å². The van der Waals surface area contributed by atoms with E-state index in [0.717, 1.165) is 36.7 Å². The van der Waals surface area contributed by atoms with E-state index in [1.165, 1.54) is 25.7 Å². The summed E-state index contributed by atoms with van der Waals surface area (Å²) in [6.45, 7) is 4.80. The highest BCUT2D eigenvalue weighted by molar-refractivity contribution is 5.95. The van der Waals surface area contributed by atoms with E-state index in [1.807, 2.05) is 0 Å². The number of fused-ring (bicyclic) bond motifs is 4. The zero-order valence-corrected chi connectivity index (χ0v) is 15.8. The number of carbonyl (C=O) groups is 1. The maximum absolute atomic E-state index is 12.5. The fourth-order valence-electron chi connectivity index (χ4n) is 8.41. The molecule has 0 saturated heterocycles. The fraction of sp³-hybridized carbons (Fsp3) is 0.857. The van der Waals surface area contributed by atoms with Crippen LogP contribution in [0, 0.1) is 39.9 Å². The Morgan fingerprint density at radius 3 is 2.76 bits per heavy atom. The van der Waals surface area contributed by atoms with Crippen molar-refractivity contribution in [2.45, 2.75) is 64.9 Å². The first-order valence-corrected chi connectivity index (χ1v) is 10.2. The van der Waals surface area contributed by atoms with Gasteiger partial charge in [0.15, 0.2) is 0 Å². The predicted octanol–water partition coefficient (Wildman–Crippen LogP) is 2.79. The number of hydrogen-bond donors (Lipinski definition) is 3. The standard InChI is InChI=1S/C21H32N2O2/c1-19-8-7-15-13(14(19)4-5-16(19)18(25)23-22-3)10-17(24)21-11-12(21)6-9-20(15,21)2/h5,12-15,17,22,24H,4,6-11H2,1-3H3,(H,23,25)/t12-,13+,14+,15+,17+,19+,20-,21+/m1/s1. The van der Waals surface area contributed by atoms with Gasteiger partial charge in [-0.1, -0.05) is 19.9 Å². The lowest BCUT2D eigenvalue weighted by atomic mass is 9.45. The first-order chi connectivity index (χ1) is 11.9. The summed E-state index contributed by atoms with van der Waals surface area (Å²) in [5.41, 5.74) is 7.09. The van der Waals surface area contributed by atoms with E-state index in [4.69, 9.17) is 0 Å². The van der Waals surface area contributed by atoms with Gasteiger partial charge in [-0.15, -0.1) is 0 Å². The molecule has 0 aromatic carbocycles. The van der Waals surface area contributed by atoms with Gasteiger partial charge in [0.05, 0.1) is 6.10 Å². The molecule has 4 nitrogen and oxygen atoms in total. The molecule has 1 amide bonds. The number of nitrogens with one attached hydrogen (secondary N) is 2. The average molecular weight is 344 g/mol. The van der Waals surface area contributed by atoms with Crippen LogP contribution in [0.5, 0.6) is 0 Å². The van der Waals surface area contributed by atoms with E-state index in [0.29, 0.717) is 17.3 Å². The van der Waals surface area contributed by atoms with Gasteiger partial charge in [-0.3, -0.25) is 10.2 Å². The lowest BCUT2D eigenvalue weighted by Crippen LogP contribution is -2.56. The van der Waals surface area contributed by atoms with E-state index in [9.17, 15) is 9.90 Å². The van der Waals surface area contributed by atoms with Gasteiger partial charge in [0.2, 0.25) is 0 Å². The quantitative estimate of drug-likeness (QED) is 0.675. The normalized spacial score (nSPS) is 55.5. The first-order valence-electron chi connectivity index (χ1n) is 10.2. The van der Waals surface area contributed by atoms with Crippen molar-refractivity contribution in [1.29, 1.82) is 0 Å². The lowest BCUT2D eigenvalue weighted by Gasteiger charge is -2.59. The van der Waals surface area contributed by atoms with Gasteiger partial charge in [-0.05, 0) is 74.0 Å². The Kier molecular flexibility index (Phi) is 3.19. The van der Waals surface area contributed by atoms with Crippen molar-refractivity contribution in [1.82, 2.24) is 10.9 Å². The molecule has 4 saturated carbocycles. The molecular formula is C21H32N2O2. The second-order valence-corrected chi connectivity index (χ2v) is 10.0. The van der Waals surface area contributed by atoms with Crippen LogP contribution in [0.4, 0.5) is 0 Å². The number of carbonyl (C=O) groups excluding carboxylic acids is 1. The Labute approximate surface area is 150 Å². The number of amides is 1. The highest BCUT2D eigenvalue weighted by Gasteiger charge is 2.76. The summed E-state index contributed by atoms with van der Waals surface area (Å²) < 4.78 is 0. The Hall–Kier alpha value is -0.870. The molecule has 5 rings (SSSR count). The molecule has 0 radical (unpaired) electrons. The Balaban J connectivity index is 1.47. The molecule has 25 heavy (non-hydrogen) atoms. The minimum Gasteiger partial charge on any atom is -0.393 e. The monoisotopic (exact) mass is 344 g/mol. The molecule has 0 aliphatic heterocycles. The third-order valence-corrected chi connectivity index (χ3v) is 9.64. The Bertz CT molecular complexity index is 660. The van der Waals surface area contributed by atoms with Crippen LogP contribution < -0.4 is 10.9 Å². The highest BCUT2D eigenvalue weighted by Crippen LogP contribution is 2.81. The predicted molar refractivity (Wildman–Crippen MR) is 96.2 cm³/mol. The first kappa shape index (κ1) is 16.3. The van der Waals surface area contributed by atoms with Crippen molar-refractivity contribution in [3.05, 3.63) is 11.6 Å². The summed E-state index contributed by atoms with van der Waals surface area (Å²) in [5.74, 6) is 2.65. The number of aliphatic hydroxyl groups excluding tert-OH is 1. The number of allylic oxidation sites excluding steroid dienone is 1. The molecular weight excluding hydrogens is 312 g/mol. The molecule has 5 aliphatic carbocycles. The molecule has 0 bridgehead atoms. The second-order valence-electron chi connectivity index (χ2n) is 10.0. The number of hydrazine groups is 1. The van der Waals surface area contributed by atoms with Crippen LogP contribution in [-0.4, -0.2) is 24.2 Å². The van der Waals surface area contributed by atoms with Crippen molar-refractivity contribution in [3.8, 4) is 0 Å². The Morgan fingerprint density at radius 2 is 2.04 bits per heavy atom. The van der Waals surface area contributed by atoms with Gasteiger partial charge in [0.25, 0.3) is 5.91 Å². The van der Waals surface area contributed by atoms with Crippen LogP contribution in [-0.2, 0) is 4.79 Å². The number of hydrogen-bond acceptors (Lipinski definition) is 3. The number of rotatable bonds is 2. The zero-order chi connectivity index (χ0) is 17.6. The van der Waals surface area contributed by atoms with Gasteiger partial charge >= 0.3 is 0 Å². The molecule has 3 N–H and O–H groups in total. The molecule has 138 valence electrons. The molecule has 0 heterocycles. The summed E-state index contributed by atoms with van der Waals surface area (Å²) in [6.07, 6.45) is 10.3. The molecule has 0 aromatic rings. The van der Waals surface area contributed by atoms with Gasteiger partial charge in [0.1, 0.15) is 0 Å². The largest absolute Gasteiger partial charge is 0.393 e. The van der Waals surface area contributed by atoms with Crippen LogP contribution in [0.15, 0.2) is 11.6 Å². The second kappa shape index (κ2) is 4.89. The average Bonchev–Trinajstić information content (AvgIpc) is 3.09. The third-order valence-electron chi connectivity index (χ3n) is 9.64. The van der Waals surface area contributed by atoms with Gasteiger partial charge in [0, 0.05) is 23.5 Å². The fourth-order valence-corrected chi connectivity index (χ4v) is 8.41. The molecule has 0 aromatic heterocycles. The topological polar surface area (TPSA) is 61.4 Å². The van der Waals surface area contributed by atoms with Crippen molar-refractivity contribution in [3.63, 3.8) is 0 Å². The number of aliphatic hydroxyl groups is 1. The van der Waals surface area contributed by atoms with Gasteiger partial charge in [-0.2, -0.15) is 0 Å². The summed E-state index contributed by atoms with van der Waals surface area (Å²) in [6, 6.07) is 0. The maximum Gasteiger partial charge on any atom is 0.261 e. The molecule has 4 heteroatoms. The SMILES string of the molecule is CNNC(=O)C1=CC[C@H]2[C@@H]3C[C@H](O)[C@]45C[C@H]4CC[C@]5(C)[C@H]3CC[C@]12C. The van der Waals surface area contributed by atoms with Gasteiger partial charge in [-0.25, -0.2) is 5.43 Å². The van der Waals surface area contributed by atoms with E-state index >= 15 is 0 Å². The van der Waals surface area contributed by atoms with Crippen LogP contribution >= 0.6 is 0 Å². The van der Waals surface area contributed by atoms with Crippen molar-refractivity contribution >= 4 is 5.91 Å². The smallest absolute Gasteiger partial charge is 0.261 e. The molecule has 4 fully saturated rings. The summed E-state index contributed by atoms with van der Waals surface area (Å²) in [7, 11) is 1.74. The lowest BCUT2D eigenvalue weighted by molar-refractivity contribution is -0.144.